The fraction of sp³-hybridized carbons (Fsp3) is 0.143. The van der Waals surface area contributed by atoms with Gasteiger partial charge in [0.2, 0.25) is 0 Å². The Morgan fingerprint density at radius 2 is 1.82 bits per heavy atom. The fourth-order valence-electron chi connectivity index (χ4n) is 2.13. The summed E-state index contributed by atoms with van der Waals surface area (Å²) < 4.78 is 1.85. The summed E-state index contributed by atoms with van der Waals surface area (Å²) in [7, 11) is 1.94. The SMILES string of the molecule is Cc1c(-c2ccccc2)ncc2c1cnn2C. The van der Waals surface area contributed by atoms with Gasteiger partial charge in [0.25, 0.3) is 0 Å². The van der Waals surface area contributed by atoms with Crippen molar-refractivity contribution in [1.82, 2.24) is 14.8 Å². The quantitative estimate of drug-likeness (QED) is 0.635. The highest BCUT2D eigenvalue weighted by molar-refractivity contribution is 5.86. The van der Waals surface area contributed by atoms with Gasteiger partial charge in [-0.3, -0.25) is 9.67 Å². The van der Waals surface area contributed by atoms with Crippen LogP contribution in [-0.4, -0.2) is 14.8 Å². The van der Waals surface area contributed by atoms with Gasteiger partial charge in [0.1, 0.15) is 0 Å². The van der Waals surface area contributed by atoms with E-state index in [0.29, 0.717) is 0 Å². The highest BCUT2D eigenvalue weighted by atomic mass is 15.2. The summed E-state index contributed by atoms with van der Waals surface area (Å²) in [6.45, 7) is 2.10. The first-order valence-corrected chi connectivity index (χ1v) is 5.60. The van der Waals surface area contributed by atoms with Crippen molar-refractivity contribution < 1.29 is 0 Å². The first kappa shape index (κ1) is 10.0. The number of hydrogen-bond donors (Lipinski definition) is 0. The molecule has 0 radical (unpaired) electrons. The zero-order chi connectivity index (χ0) is 11.8. The van der Waals surface area contributed by atoms with E-state index in [-0.39, 0.29) is 0 Å². The molecule has 3 rings (SSSR count). The van der Waals surface area contributed by atoms with Gasteiger partial charge in [-0.25, -0.2) is 0 Å². The van der Waals surface area contributed by atoms with Crippen LogP contribution in [0.4, 0.5) is 0 Å². The van der Waals surface area contributed by atoms with Gasteiger partial charge in [0.05, 0.1) is 23.6 Å². The standard InChI is InChI=1S/C14H13N3/c1-10-12-8-16-17(2)13(12)9-15-14(10)11-6-4-3-5-7-11/h3-9H,1-2H3. The van der Waals surface area contributed by atoms with Gasteiger partial charge in [-0.15, -0.1) is 0 Å². The molecular weight excluding hydrogens is 210 g/mol. The van der Waals surface area contributed by atoms with Crippen LogP contribution in [0.25, 0.3) is 22.2 Å². The zero-order valence-corrected chi connectivity index (χ0v) is 9.88. The highest BCUT2D eigenvalue weighted by Gasteiger charge is 2.09. The van der Waals surface area contributed by atoms with Crippen LogP contribution in [-0.2, 0) is 7.05 Å². The van der Waals surface area contributed by atoms with Crippen LogP contribution in [0.3, 0.4) is 0 Å². The molecule has 0 saturated carbocycles. The van der Waals surface area contributed by atoms with E-state index in [1.54, 1.807) is 0 Å². The highest BCUT2D eigenvalue weighted by Crippen LogP contribution is 2.26. The second-order valence-electron chi connectivity index (χ2n) is 4.16. The van der Waals surface area contributed by atoms with Crippen molar-refractivity contribution in [3.05, 3.63) is 48.3 Å². The van der Waals surface area contributed by atoms with E-state index in [1.165, 1.54) is 10.9 Å². The molecule has 0 aliphatic carbocycles. The van der Waals surface area contributed by atoms with Crippen molar-refractivity contribution in [3.8, 4) is 11.3 Å². The molecule has 84 valence electrons. The maximum absolute atomic E-state index is 4.55. The molecule has 0 atom stereocenters. The van der Waals surface area contributed by atoms with E-state index < -0.39 is 0 Å². The number of pyridine rings is 1. The Morgan fingerprint density at radius 3 is 2.59 bits per heavy atom. The number of rotatable bonds is 1. The Labute approximate surface area is 99.7 Å². The van der Waals surface area contributed by atoms with Crippen LogP contribution in [0.2, 0.25) is 0 Å². The van der Waals surface area contributed by atoms with E-state index in [2.05, 4.69) is 29.1 Å². The molecule has 0 unspecified atom stereocenters. The normalized spacial score (nSPS) is 10.9. The van der Waals surface area contributed by atoms with E-state index in [1.807, 2.05) is 42.3 Å². The Morgan fingerprint density at radius 1 is 1.06 bits per heavy atom. The first-order valence-electron chi connectivity index (χ1n) is 5.60. The van der Waals surface area contributed by atoms with E-state index in [4.69, 9.17) is 0 Å². The van der Waals surface area contributed by atoms with Gasteiger partial charge < -0.3 is 0 Å². The second-order valence-corrected chi connectivity index (χ2v) is 4.16. The molecule has 0 spiro atoms. The molecule has 1 aromatic carbocycles. The van der Waals surface area contributed by atoms with Crippen molar-refractivity contribution in [2.24, 2.45) is 7.05 Å². The Kier molecular flexibility index (Phi) is 2.18. The molecule has 3 aromatic rings. The third kappa shape index (κ3) is 1.51. The van der Waals surface area contributed by atoms with Crippen LogP contribution >= 0.6 is 0 Å². The molecule has 0 amide bonds. The van der Waals surface area contributed by atoms with Crippen LogP contribution in [0.5, 0.6) is 0 Å². The summed E-state index contributed by atoms with van der Waals surface area (Å²) in [4.78, 5) is 4.55. The smallest absolute Gasteiger partial charge is 0.0865 e. The molecule has 17 heavy (non-hydrogen) atoms. The molecule has 0 aliphatic heterocycles. The average Bonchev–Trinajstić information content (AvgIpc) is 2.74. The number of aromatic nitrogens is 3. The molecular formula is C14H13N3. The number of aryl methyl sites for hydroxylation is 2. The lowest BCUT2D eigenvalue weighted by molar-refractivity contribution is 0.795. The maximum atomic E-state index is 4.55. The Bertz CT molecular complexity index is 669. The number of nitrogens with zero attached hydrogens (tertiary/aromatic N) is 3. The number of fused-ring (bicyclic) bond motifs is 1. The third-order valence-electron chi connectivity index (χ3n) is 3.11. The van der Waals surface area contributed by atoms with Crippen LogP contribution in [0.1, 0.15) is 5.56 Å². The van der Waals surface area contributed by atoms with Crippen molar-refractivity contribution in [2.45, 2.75) is 6.92 Å². The lowest BCUT2D eigenvalue weighted by Gasteiger charge is -2.06. The molecule has 0 saturated heterocycles. The fourth-order valence-corrected chi connectivity index (χ4v) is 2.13. The summed E-state index contributed by atoms with van der Waals surface area (Å²) in [5.41, 5.74) is 4.44. The molecule has 0 fully saturated rings. The molecule has 3 heteroatoms. The lowest BCUT2D eigenvalue weighted by Crippen LogP contribution is -1.92. The minimum atomic E-state index is 1.03. The average molecular weight is 223 g/mol. The molecule has 3 nitrogen and oxygen atoms in total. The van der Waals surface area contributed by atoms with Gasteiger partial charge in [0, 0.05) is 18.0 Å². The van der Waals surface area contributed by atoms with Crippen molar-refractivity contribution in [1.29, 1.82) is 0 Å². The summed E-state index contributed by atoms with van der Waals surface area (Å²) >= 11 is 0. The minimum absolute atomic E-state index is 1.03. The monoisotopic (exact) mass is 223 g/mol. The molecule has 0 N–H and O–H groups in total. The third-order valence-corrected chi connectivity index (χ3v) is 3.11. The maximum Gasteiger partial charge on any atom is 0.0865 e. The predicted molar refractivity (Wildman–Crippen MR) is 68.7 cm³/mol. The number of hydrogen-bond acceptors (Lipinski definition) is 2. The van der Waals surface area contributed by atoms with Crippen molar-refractivity contribution >= 4 is 10.9 Å². The van der Waals surface area contributed by atoms with Crippen molar-refractivity contribution in [3.63, 3.8) is 0 Å². The topological polar surface area (TPSA) is 30.7 Å². The van der Waals surface area contributed by atoms with Crippen LogP contribution in [0, 0.1) is 6.92 Å². The zero-order valence-electron chi connectivity index (χ0n) is 9.88. The van der Waals surface area contributed by atoms with Gasteiger partial charge in [-0.2, -0.15) is 5.10 Å². The van der Waals surface area contributed by atoms with E-state index >= 15 is 0 Å². The Balaban J connectivity index is 2.29. The van der Waals surface area contributed by atoms with Crippen LogP contribution in [0.15, 0.2) is 42.7 Å². The molecule has 0 aliphatic rings. The minimum Gasteiger partial charge on any atom is -0.266 e. The Hall–Kier alpha value is -2.16. The lowest BCUT2D eigenvalue weighted by atomic mass is 10.0. The largest absolute Gasteiger partial charge is 0.266 e. The van der Waals surface area contributed by atoms with E-state index in [0.717, 1.165) is 16.8 Å². The number of benzene rings is 1. The predicted octanol–water partition coefficient (Wildman–Crippen LogP) is 2.94. The van der Waals surface area contributed by atoms with Gasteiger partial charge in [0.15, 0.2) is 0 Å². The summed E-state index contributed by atoms with van der Waals surface area (Å²) in [5.74, 6) is 0. The molecule has 0 bridgehead atoms. The van der Waals surface area contributed by atoms with E-state index in [9.17, 15) is 0 Å². The van der Waals surface area contributed by atoms with Gasteiger partial charge >= 0.3 is 0 Å². The van der Waals surface area contributed by atoms with Crippen molar-refractivity contribution in [2.75, 3.05) is 0 Å². The molecule has 2 heterocycles. The summed E-state index contributed by atoms with van der Waals surface area (Å²) in [6.07, 6.45) is 3.79. The van der Waals surface area contributed by atoms with Gasteiger partial charge in [-0.1, -0.05) is 30.3 Å². The summed E-state index contributed by atoms with van der Waals surface area (Å²) in [5, 5.41) is 5.44. The molecule has 2 aromatic heterocycles. The second kappa shape index (κ2) is 3.70. The van der Waals surface area contributed by atoms with Crippen LogP contribution < -0.4 is 0 Å². The van der Waals surface area contributed by atoms with Gasteiger partial charge in [-0.05, 0) is 12.5 Å². The first-order chi connectivity index (χ1) is 8.27. The summed E-state index contributed by atoms with van der Waals surface area (Å²) in [6, 6.07) is 10.2.